The highest BCUT2D eigenvalue weighted by atomic mass is 16.2. The van der Waals surface area contributed by atoms with Crippen LogP contribution in [0.25, 0.3) is 0 Å². The van der Waals surface area contributed by atoms with Crippen molar-refractivity contribution in [2.75, 3.05) is 18.5 Å². The minimum atomic E-state index is 0.0124. The molecule has 0 heterocycles. The molecule has 0 fully saturated rings. The van der Waals surface area contributed by atoms with Gasteiger partial charge in [0.25, 0.3) is 0 Å². The second kappa shape index (κ2) is 7.84. The van der Waals surface area contributed by atoms with Gasteiger partial charge >= 0.3 is 0 Å². The number of anilines is 1. The molecular weight excluding hydrogens is 228 g/mol. The summed E-state index contributed by atoms with van der Waals surface area (Å²) in [6.07, 6.45) is 1.11. The molecule has 1 rings (SSSR count). The Morgan fingerprint density at radius 3 is 2.56 bits per heavy atom. The van der Waals surface area contributed by atoms with Gasteiger partial charge < -0.3 is 15.7 Å². The molecule has 1 atom stereocenters. The van der Waals surface area contributed by atoms with Crippen LogP contribution < -0.4 is 10.6 Å². The van der Waals surface area contributed by atoms with Crippen LogP contribution in [0.2, 0.25) is 0 Å². The van der Waals surface area contributed by atoms with Crippen molar-refractivity contribution in [3.05, 3.63) is 29.8 Å². The molecule has 3 N–H and O–H groups in total. The molecular formula is C14H22N2O2. The largest absolute Gasteiger partial charge is 0.396 e. The lowest BCUT2D eigenvalue weighted by Crippen LogP contribution is -2.30. The maximum Gasteiger partial charge on any atom is 0.225 e. The average molecular weight is 250 g/mol. The first-order valence-electron chi connectivity index (χ1n) is 6.38. The summed E-state index contributed by atoms with van der Waals surface area (Å²) in [5.41, 5.74) is 1.86. The number of amides is 1. The summed E-state index contributed by atoms with van der Waals surface area (Å²) in [5, 5.41) is 14.9. The highest BCUT2D eigenvalue weighted by molar-refractivity contribution is 5.91. The van der Waals surface area contributed by atoms with Gasteiger partial charge in [0.05, 0.1) is 0 Å². The van der Waals surface area contributed by atoms with Crippen LogP contribution in [0.4, 0.5) is 5.69 Å². The number of carbonyl (C=O) groups is 1. The van der Waals surface area contributed by atoms with Gasteiger partial charge in [-0.1, -0.05) is 19.1 Å². The van der Waals surface area contributed by atoms with Crippen LogP contribution in [0.5, 0.6) is 0 Å². The molecule has 4 nitrogen and oxygen atoms in total. The fourth-order valence-corrected chi connectivity index (χ4v) is 1.79. The van der Waals surface area contributed by atoms with Gasteiger partial charge in [0.15, 0.2) is 0 Å². The van der Waals surface area contributed by atoms with Crippen molar-refractivity contribution in [3.63, 3.8) is 0 Å². The molecule has 1 amide bonds. The Labute approximate surface area is 108 Å². The van der Waals surface area contributed by atoms with Gasteiger partial charge in [-0.25, -0.2) is 0 Å². The van der Waals surface area contributed by atoms with Gasteiger partial charge in [0.1, 0.15) is 0 Å². The quantitative estimate of drug-likeness (QED) is 0.688. The van der Waals surface area contributed by atoms with Gasteiger partial charge in [0, 0.05) is 24.8 Å². The Morgan fingerprint density at radius 1 is 1.33 bits per heavy atom. The zero-order chi connectivity index (χ0) is 13.4. The summed E-state index contributed by atoms with van der Waals surface area (Å²) in [6.45, 7) is 5.03. The number of aliphatic hydroxyl groups is 1. The molecule has 0 bridgehead atoms. The Kier molecular flexibility index (Phi) is 6.39. The van der Waals surface area contributed by atoms with Crippen molar-refractivity contribution in [2.24, 2.45) is 0 Å². The van der Waals surface area contributed by atoms with E-state index in [1.54, 1.807) is 0 Å². The lowest BCUT2D eigenvalue weighted by molar-refractivity contribution is -0.116. The van der Waals surface area contributed by atoms with E-state index in [1.165, 1.54) is 0 Å². The third-order valence-electron chi connectivity index (χ3n) is 2.68. The van der Waals surface area contributed by atoms with Crippen molar-refractivity contribution in [2.45, 2.75) is 32.7 Å². The lowest BCUT2D eigenvalue weighted by Gasteiger charge is -2.12. The SMILES string of the molecule is CCNC(C)CC(=O)Nc1ccc(CCO)cc1. The second-order valence-electron chi connectivity index (χ2n) is 4.38. The van der Waals surface area contributed by atoms with Crippen molar-refractivity contribution < 1.29 is 9.90 Å². The maximum atomic E-state index is 11.7. The molecule has 0 saturated carbocycles. The fraction of sp³-hybridized carbons (Fsp3) is 0.500. The lowest BCUT2D eigenvalue weighted by atomic mass is 10.1. The van der Waals surface area contributed by atoms with Crippen molar-refractivity contribution in [1.82, 2.24) is 5.32 Å². The smallest absolute Gasteiger partial charge is 0.225 e. The van der Waals surface area contributed by atoms with E-state index in [9.17, 15) is 4.79 Å². The zero-order valence-electron chi connectivity index (χ0n) is 11.1. The van der Waals surface area contributed by atoms with Crippen LogP contribution in [-0.4, -0.2) is 30.2 Å². The molecule has 0 radical (unpaired) electrons. The highest BCUT2D eigenvalue weighted by Gasteiger charge is 2.07. The van der Waals surface area contributed by atoms with E-state index in [1.807, 2.05) is 38.1 Å². The van der Waals surface area contributed by atoms with Gasteiger partial charge in [-0.2, -0.15) is 0 Å². The Hall–Kier alpha value is -1.39. The van der Waals surface area contributed by atoms with Crippen LogP contribution in [0.15, 0.2) is 24.3 Å². The summed E-state index contributed by atoms with van der Waals surface area (Å²) < 4.78 is 0. The first-order valence-corrected chi connectivity index (χ1v) is 6.38. The van der Waals surface area contributed by atoms with Crippen LogP contribution in [-0.2, 0) is 11.2 Å². The molecule has 18 heavy (non-hydrogen) atoms. The van der Waals surface area contributed by atoms with Gasteiger partial charge in [-0.3, -0.25) is 4.79 Å². The van der Waals surface area contributed by atoms with E-state index in [0.29, 0.717) is 12.8 Å². The molecule has 0 aliphatic rings. The van der Waals surface area contributed by atoms with Gasteiger partial charge in [0.2, 0.25) is 5.91 Å². The van der Waals surface area contributed by atoms with E-state index in [4.69, 9.17) is 5.11 Å². The molecule has 0 aliphatic heterocycles. The van der Waals surface area contributed by atoms with Crippen LogP contribution in [0, 0.1) is 0 Å². The Bertz CT molecular complexity index is 363. The zero-order valence-corrected chi connectivity index (χ0v) is 11.1. The second-order valence-corrected chi connectivity index (χ2v) is 4.38. The molecule has 4 heteroatoms. The third-order valence-corrected chi connectivity index (χ3v) is 2.68. The third kappa shape index (κ3) is 5.29. The number of hydrogen-bond acceptors (Lipinski definition) is 3. The minimum Gasteiger partial charge on any atom is -0.396 e. The van der Waals surface area contributed by atoms with Crippen molar-refractivity contribution in [1.29, 1.82) is 0 Å². The molecule has 0 saturated heterocycles. The van der Waals surface area contributed by atoms with Crippen molar-refractivity contribution in [3.8, 4) is 0 Å². The van der Waals surface area contributed by atoms with Gasteiger partial charge in [-0.15, -0.1) is 0 Å². The summed E-state index contributed by atoms with van der Waals surface area (Å²) >= 11 is 0. The van der Waals surface area contributed by atoms with E-state index in [2.05, 4.69) is 10.6 Å². The first kappa shape index (κ1) is 14.7. The molecule has 100 valence electrons. The van der Waals surface area contributed by atoms with E-state index in [-0.39, 0.29) is 18.6 Å². The Balaban J connectivity index is 2.44. The van der Waals surface area contributed by atoms with E-state index in [0.717, 1.165) is 17.8 Å². The van der Waals surface area contributed by atoms with Crippen LogP contribution in [0.3, 0.4) is 0 Å². The highest BCUT2D eigenvalue weighted by Crippen LogP contribution is 2.10. The molecule has 0 aliphatic carbocycles. The summed E-state index contributed by atoms with van der Waals surface area (Å²) in [5.74, 6) is 0.0124. The van der Waals surface area contributed by atoms with E-state index >= 15 is 0 Å². The first-order chi connectivity index (χ1) is 8.65. The standard InChI is InChI=1S/C14H22N2O2/c1-3-15-11(2)10-14(18)16-13-6-4-12(5-7-13)8-9-17/h4-7,11,15,17H,3,8-10H2,1-2H3,(H,16,18). The van der Waals surface area contributed by atoms with E-state index < -0.39 is 0 Å². The number of benzene rings is 1. The normalized spacial score (nSPS) is 12.2. The monoisotopic (exact) mass is 250 g/mol. The fourth-order valence-electron chi connectivity index (χ4n) is 1.79. The molecule has 1 aromatic carbocycles. The summed E-state index contributed by atoms with van der Waals surface area (Å²) in [6, 6.07) is 7.74. The van der Waals surface area contributed by atoms with Crippen molar-refractivity contribution >= 4 is 11.6 Å². The Morgan fingerprint density at radius 2 is 2.00 bits per heavy atom. The molecule has 0 aromatic heterocycles. The molecule has 1 aromatic rings. The number of hydrogen-bond donors (Lipinski definition) is 3. The predicted molar refractivity (Wildman–Crippen MR) is 73.6 cm³/mol. The predicted octanol–water partition coefficient (Wildman–Crippen LogP) is 1.55. The molecule has 0 spiro atoms. The summed E-state index contributed by atoms with van der Waals surface area (Å²) in [4.78, 5) is 11.7. The minimum absolute atomic E-state index is 0.0124. The molecule has 1 unspecified atom stereocenters. The number of aliphatic hydroxyl groups excluding tert-OH is 1. The number of carbonyl (C=O) groups excluding carboxylic acids is 1. The maximum absolute atomic E-state index is 11.7. The average Bonchev–Trinajstić information content (AvgIpc) is 2.32. The summed E-state index contributed by atoms with van der Waals surface area (Å²) in [7, 11) is 0. The van der Waals surface area contributed by atoms with Crippen LogP contribution >= 0.6 is 0 Å². The number of nitrogens with one attached hydrogen (secondary N) is 2. The topological polar surface area (TPSA) is 61.4 Å². The van der Waals surface area contributed by atoms with Crippen LogP contribution in [0.1, 0.15) is 25.8 Å². The van der Waals surface area contributed by atoms with Gasteiger partial charge in [-0.05, 0) is 37.6 Å². The number of rotatable bonds is 7.